The number of nitrogens with one attached hydrogen (secondary N) is 1. The van der Waals surface area contributed by atoms with Crippen LogP contribution in [-0.2, 0) is 6.54 Å². The molecule has 0 aliphatic carbocycles. The molecule has 0 heterocycles. The molecule has 0 bridgehead atoms. The molecule has 0 saturated heterocycles. The maximum atomic E-state index is 11.8. The molecule has 0 fully saturated rings. The summed E-state index contributed by atoms with van der Waals surface area (Å²) in [5.41, 5.74) is 7.44. The Kier molecular flexibility index (Phi) is 4.31. The largest absolute Gasteiger partial charge is 0.336 e. The van der Waals surface area contributed by atoms with Crippen LogP contribution in [0.25, 0.3) is 0 Å². The van der Waals surface area contributed by atoms with Crippen molar-refractivity contribution in [2.75, 3.05) is 11.9 Å². The summed E-state index contributed by atoms with van der Waals surface area (Å²) in [7, 11) is 1.74. The van der Waals surface area contributed by atoms with Crippen molar-refractivity contribution in [3.63, 3.8) is 0 Å². The van der Waals surface area contributed by atoms with Crippen LogP contribution in [0.5, 0.6) is 0 Å². The van der Waals surface area contributed by atoms with E-state index in [0.29, 0.717) is 6.54 Å². The number of rotatable bonds is 3. The molecule has 4 heteroatoms. The fraction of sp³-hybridized carbons (Fsp3) is 0.417. The zero-order chi connectivity index (χ0) is 12.1. The number of nitrogens with zero attached hydrogens (tertiary/aromatic N) is 1. The summed E-state index contributed by atoms with van der Waals surface area (Å²) in [6.07, 6.45) is 0. The summed E-state index contributed by atoms with van der Waals surface area (Å²) in [6, 6.07) is 7.64. The number of amides is 2. The summed E-state index contributed by atoms with van der Waals surface area (Å²) in [6.45, 7) is 4.29. The second-order valence-electron chi connectivity index (χ2n) is 4.00. The van der Waals surface area contributed by atoms with E-state index in [-0.39, 0.29) is 12.1 Å². The molecule has 88 valence electrons. The number of benzene rings is 1. The molecule has 0 unspecified atom stereocenters. The minimum atomic E-state index is -0.115. The number of urea groups is 1. The predicted octanol–water partition coefficient (Wildman–Crippen LogP) is 1.70. The number of para-hydroxylation sites is 1. The van der Waals surface area contributed by atoms with E-state index in [1.54, 1.807) is 11.9 Å². The van der Waals surface area contributed by atoms with Crippen LogP contribution in [0, 0.1) is 0 Å². The maximum Gasteiger partial charge on any atom is 0.321 e. The van der Waals surface area contributed by atoms with Crippen molar-refractivity contribution in [1.82, 2.24) is 5.32 Å². The van der Waals surface area contributed by atoms with Crippen LogP contribution in [0.4, 0.5) is 10.5 Å². The van der Waals surface area contributed by atoms with E-state index >= 15 is 0 Å². The van der Waals surface area contributed by atoms with Gasteiger partial charge in [0.15, 0.2) is 0 Å². The van der Waals surface area contributed by atoms with Crippen LogP contribution in [0.15, 0.2) is 24.3 Å². The van der Waals surface area contributed by atoms with Gasteiger partial charge in [-0.05, 0) is 25.5 Å². The lowest BCUT2D eigenvalue weighted by Crippen LogP contribution is -2.41. The highest BCUT2D eigenvalue weighted by Crippen LogP contribution is 2.18. The number of nitrogens with two attached hydrogens (primary N) is 1. The van der Waals surface area contributed by atoms with Crippen LogP contribution >= 0.6 is 0 Å². The summed E-state index contributed by atoms with van der Waals surface area (Å²) >= 11 is 0. The van der Waals surface area contributed by atoms with Gasteiger partial charge in [0.2, 0.25) is 0 Å². The fourth-order valence-corrected chi connectivity index (χ4v) is 1.46. The van der Waals surface area contributed by atoms with E-state index < -0.39 is 0 Å². The van der Waals surface area contributed by atoms with Crippen molar-refractivity contribution < 1.29 is 4.79 Å². The van der Waals surface area contributed by atoms with Gasteiger partial charge in [0.25, 0.3) is 0 Å². The van der Waals surface area contributed by atoms with Gasteiger partial charge in [-0.25, -0.2) is 4.79 Å². The standard InChI is InChI=1S/C12H19N3O/c1-9(2)14-12(16)15(3)11-7-5-4-6-10(11)8-13/h4-7,9H,8,13H2,1-3H3,(H,14,16). The van der Waals surface area contributed by atoms with Gasteiger partial charge in [0, 0.05) is 25.3 Å². The number of hydrogen-bond donors (Lipinski definition) is 2. The maximum absolute atomic E-state index is 11.8. The molecule has 1 aromatic carbocycles. The van der Waals surface area contributed by atoms with Crippen molar-refractivity contribution in [2.24, 2.45) is 5.73 Å². The van der Waals surface area contributed by atoms with Crippen molar-refractivity contribution in [2.45, 2.75) is 26.4 Å². The minimum Gasteiger partial charge on any atom is -0.336 e. The fourth-order valence-electron chi connectivity index (χ4n) is 1.46. The first-order chi connectivity index (χ1) is 7.56. The normalized spacial score (nSPS) is 10.3. The first-order valence-electron chi connectivity index (χ1n) is 5.38. The van der Waals surface area contributed by atoms with Gasteiger partial charge in [-0.2, -0.15) is 0 Å². The van der Waals surface area contributed by atoms with E-state index in [4.69, 9.17) is 5.73 Å². The Labute approximate surface area is 96.4 Å². The van der Waals surface area contributed by atoms with E-state index in [2.05, 4.69) is 5.32 Å². The SMILES string of the molecule is CC(C)NC(=O)N(C)c1ccccc1CN. The molecule has 0 aliphatic heterocycles. The second-order valence-corrected chi connectivity index (χ2v) is 4.00. The molecule has 2 amide bonds. The third kappa shape index (κ3) is 2.97. The molecule has 16 heavy (non-hydrogen) atoms. The first kappa shape index (κ1) is 12.5. The number of carbonyl (C=O) groups excluding carboxylic acids is 1. The van der Waals surface area contributed by atoms with Gasteiger partial charge >= 0.3 is 6.03 Å². The van der Waals surface area contributed by atoms with E-state index in [1.165, 1.54) is 0 Å². The van der Waals surface area contributed by atoms with Crippen LogP contribution in [0.3, 0.4) is 0 Å². The molecule has 3 N–H and O–H groups in total. The summed E-state index contributed by atoms with van der Waals surface area (Å²) in [5.74, 6) is 0. The smallest absolute Gasteiger partial charge is 0.321 e. The molecular weight excluding hydrogens is 202 g/mol. The summed E-state index contributed by atoms with van der Waals surface area (Å²) < 4.78 is 0. The number of carbonyl (C=O) groups is 1. The lowest BCUT2D eigenvalue weighted by atomic mass is 10.1. The topological polar surface area (TPSA) is 58.4 Å². The van der Waals surface area contributed by atoms with Gasteiger partial charge in [-0.1, -0.05) is 18.2 Å². The third-order valence-electron chi connectivity index (χ3n) is 2.29. The minimum absolute atomic E-state index is 0.115. The summed E-state index contributed by atoms with van der Waals surface area (Å²) in [5, 5.41) is 2.84. The highest BCUT2D eigenvalue weighted by atomic mass is 16.2. The van der Waals surface area contributed by atoms with E-state index in [0.717, 1.165) is 11.3 Å². The highest BCUT2D eigenvalue weighted by Gasteiger charge is 2.13. The van der Waals surface area contributed by atoms with Gasteiger partial charge in [-0.3, -0.25) is 4.90 Å². The number of anilines is 1. The average Bonchev–Trinajstić information content (AvgIpc) is 2.27. The molecule has 0 radical (unpaired) electrons. The van der Waals surface area contributed by atoms with Crippen molar-refractivity contribution >= 4 is 11.7 Å². The van der Waals surface area contributed by atoms with Crippen LogP contribution in [0.2, 0.25) is 0 Å². The molecule has 1 rings (SSSR count). The molecule has 0 aliphatic rings. The lowest BCUT2D eigenvalue weighted by Gasteiger charge is -2.22. The zero-order valence-electron chi connectivity index (χ0n) is 10.0. The zero-order valence-corrected chi connectivity index (χ0v) is 10.0. The molecular formula is C12H19N3O. The molecule has 0 aromatic heterocycles. The van der Waals surface area contributed by atoms with Gasteiger partial charge in [-0.15, -0.1) is 0 Å². The predicted molar refractivity (Wildman–Crippen MR) is 66.4 cm³/mol. The van der Waals surface area contributed by atoms with Crippen molar-refractivity contribution in [3.05, 3.63) is 29.8 Å². The van der Waals surface area contributed by atoms with Gasteiger partial charge in [0.05, 0.1) is 0 Å². The Morgan fingerprint density at radius 2 is 2.06 bits per heavy atom. The average molecular weight is 221 g/mol. The molecule has 4 nitrogen and oxygen atoms in total. The number of hydrogen-bond acceptors (Lipinski definition) is 2. The van der Waals surface area contributed by atoms with Crippen LogP contribution < -0.4 is 16.0 Å². The van der Waals surface area contributed by atoms with E-state index in [1.807, 2.05) is 38.1 Å². The molecule has 1 aromatic rings. The monoisotopic (exact) mass is 221 g/mol. The Morgan fingerprint density at radius 1 is 1.44 bits per heavy atom. The Morgan fingerprint density at radius 3 is 2.62 bits per heavy atom. The highest BCUT2D eigenvalue weighted by molar-refractivity contribution is 5.92. The Hall–Kier alpha value is -1.55. The Balaban J connectivity index is 2.87. The van der Waals surface area contributed by atoms with Gasteiger partial charge in [0.1, 0.15) is 0 Å². The van der Waals surface area contributed by atoms with Gasteiger partial charge < -0.3 is 11.1 Å². The first-order valence-corrected chi connectivity index (χ1v) is 5.38. The summed E-state index contributed by atoms with van der Waals surface area (Å²) in [4.78, 5) is 13.4. The third-order valence-corrected chi connectivity index (χ3v) is 2.29. The van der Waals surface area contributed by atoms with Crippen molar-refractivity contribution in [3.8, 4) is 0 Å². The lowest BCUT2D eigenvalue weighted by molar-refractivity contribution is 0.245. The van der Waals surface area contributed by atoms with E-state index in [9.17, 15) is 4.79 Å². The molecule has 0 saturated carbocycles. The Bertz CT molecular complexity index is 363. The van der Waals surface area contributed by atoms with Crippen LogP contribution in [-0.4, -0.2) is 19.1 Å². The molecule has 0 spiro atoms. The molecule has 0 atom stereocenters. The second kappa shape index (κ2) is 5.51. The van der Waals surface area contributed by atoms with Crippen LogP contribution in [0.1, 0.15) is 19.4 Å². The quantitative estimate of drug-likeness (QED) is 0.816. The van der Waals surface area contributed by atoms with Crippen molar-refractivity contribution in [1.29, 1.82) is 0 Å².